The number of amidine groups is 1. The fourth-order valence-electron chi connectivity index (χ4n) is 3.32. The van der Waals surface area contributed by atoms with Crippen LogP contribution in [0.5, 0.6) is 0 Å². The summed E-state index contributed by atoms with van der Waals surface area (Å²) in [5, 5.41) is -0.487. The van der Waals surface area contributed by atoms with Gasteiger partial charge in [0, 0.05) is 24.7 Å². The van der Waals surface area contributed by atoms with Crippen molar-refractivity contribution in [3.63, 3.8) is 0 Å². The number of rotatable bonds is 7. The van der Waals surface area contributed by atoms with E-state index in [-0.39, 0.29) is 18.3 Å². The molecule has 0 radical (unpaired) electrons. The number of esters is 1. The van der Waals surface area contributed by atoms with E-state index >= 15 is 0 Å². The summed E-state index contributed by atoms with van der Waals surface area (Å²) in [6.45, 7) is 14.1. The molecule has 1 heterocycles. The molecule has 1 amide bonds. The molecule has 35 heavy (non-hydrogen) atoms. The van der Waals surface area contributed by atoms with Crippen LogP contribution in [0.2, 0.25) is 25.7 Å². The van der Waals surface area contributed by atoms with E-state index in [4.69, 9.17) is 19.2 Å². The summed E-state index contributed by atoms with van der Waals surface area (Å²) in [7, 11) is -0.0442. The summed E-state index contributed by atoms with van der Waals surface area (Å²) in [5.74, 6) is -0.933. The van der Waals surface area contributed by atoms with Crippen molar-refractivity contribution in [1.29, 1.82) is 0 Å². The summed E-state index contributed by atoms with van der Waals surface area (Å²) in [6.07, 6.45) is -0.459. The monoisotopic (exact) mass is 590 g/mol. The number of thioether (sulfide) groups is 1. The topological polar surface area (TPSA) is 77.4 Å². The predicted molar refractivity (Wildman–Crippen MR) is 144 cm³/mol. The minimum Gasteiger partial charge on any atom is -0.468 e. The van der Waals surface area contributed by atoms with Crippen molar-refractivity contribution in [1.82, 2.24) is 4.90 Å². The molecule has 7 nitrogen and oxygen atoms in total. The number of nitrogens with zero attached hydrogens (tertiary/aromatic N) is 2. The summed E-state index contributed by atoms with van der Waals surface area (Å²) in [4.78, 5) is 31.9. The van der Waals surface area contributed by atoms with Crippen LogP contribution in [0.1, 0.15) is 39.7 Å². The Kier molecular flexibility index (Phi) is 10.00. The molecule has 1 aliphatic rings. The van der Waals surface area contributed by atoms with Gasteiger partial charge in [0.2, 0.25) is 0 Å². The van der Waals surface area contributed by atoms with Crippen molar-refractivity contribution in [2.75, 3.05) is 20.4 Å². The Labute approximate surface area is 221 Å². The maximum atomic E-state index is 14.9. The number of hydrogen-bond acceptors (Lipinski definition) is 7. The van der Waals surface area contributed by atoms with Gasteiger partial charge in [-0.2, -0.15) is 0 Å². The van der Waals surface area contributed by atoms with E-state index in [9.17, 15) is 14.0 Å². The van der Waals surface area contributed by atoms with Crippen molar-refractivity contribution in [3.05, 3.63) is 34.1 Å². The summed E-state index contributed by atoms with van der Waals surface area (Å²) in [5.41, 5.74) is -1.58. The minimum absolute atomic E-state index is 0.101. The fourth-order valence-corrected chi connectivity index (χ4v) is 5.80. The molecule has 0 aliphatic carbocycles. The SMILES string of the molecule is COC(=O)[C@@H]1C[C@@](C)(c2cc(Br)ccc2F)N=C(N(COCC[Si](C)(C)C)C(=O)OC(C)(C)C)S1. The quantitative estimate of drug-likeness (QED) is 0.158. The van der Waals surface area contributed by atoms with E-state index in [2.05, 4.69) is 35.6 Å². The van der Waals surface area contributed by atoms with Gasteiger partial charge in [-0.05, 0) is 58.4 Å². The molecule has 2 rings (SSSR count). The predicted octanol–water partition coefficient (Wildman–Crippen LogP) is 6.39. The second-order valence-corrected chi connectivity index (χ2v) is 18.6. The Morgan fingerprint density at radius 1 is 1.31 bits per heavy atom. The first-order valence-corrected chi connectivity index (χ1v) is 16.8. The Bertz CT molecular complexity index is 966. The van der Waals surface area contributed by atoms with Crippen molar-refractivity contribution >= 4 is 53.0 Å². The van der Waals surface area contributed by atoms with Gasteiger partial charge < -0.3 is 14.2 Å². The zero-order chi connectivity index (χ0) is 26.6. The van der Waals surface area contributed by atoms with Gasteiger partial charge in [0.15, 0.2) is 5.17 Å². The largest absolute Gasteiger partial charge is 0.468 e. The van der Waals surface area contributed by atoms with E-state index in [0.717, 1.165) is 17.8 Å². The highest BCUT2D eigenvalue weighted by Crippen LogP contribution is 2.42. The molecule has 1 aromatic rings. The molecule has 11 heteroatoms. The number of aliphatic imine (C=N–C) groups is 1. The highest BCUT2D eigenvalue weighted by atomic mass is 79.9. The molecule has 0 bridgehead atoms. The van der Waals surface area contributed by atoms with Crippen molar-refractivity contribution in [2.45, 2.75) is 76.2 Å². The Morgan fingerprint density at radius 2 is 1.97 bits per heavy atom. The number of carbonyl (C=O) groups is 2. The van der Waals surface area contributed by atoms with Crippen molar-refractivity contribution in [3.8, 4) is 0 Å². The fraction of sp³-hybridized carbons (Fsp3) is 0.625. The summed E-state index contributed by atoms with van der Waals surface area (Å²) >= 11 is 4.48. The second-order valence-electron chi connectivity index (χ2n) is 10.9. The molecule has 0 unspecified atom stereocenters. The first-order valence-electron chi connectivity index (χ1n) is 11.4. The van der Waals surface area contributed by atoms with Gasteiger partial charge in [-0.1, -0.05) is 47.3 Å². The highest BCUT2D eigenvalue weighted by molar-refractivity contribution is 9.10. The van der Waals surface area contributed by atoms with Gasteiger partial charge in [-0.3, -0.25) is 9.79 Å². The molecule has 2 atom stereocenters. The number of halogens is 2. The van der Waals surface area contributed by atoms with E-state index in [1.165, 1.54) is 18.1 Å². The Balaban J connectivity index is 2.50. The molecule has 0 spiro atoms. The third-order valence-corrected chi connectivity index (χ3v) is 8.57. The smallest absolute Gasteiger partial charge is 0.418 e. The number of ether oxygens (including phenoxy) is 3. The van der Waals surface area contributed by atoms with Gasteiger partial charge in [0.05, 0.1) is 12.6 Å². The average molecular weight is 592 g/mol. The van der Waals surface area contributed by atoms with E-state index in [1.807, 2.05) is 0 Å². The summed E-state index contributed by atoms with van der Waals surface area (Å²) in [6, 6.07) is 5.50. The van der Waals surface area contributed by atoms with Gasteiger partial charge in [-0.15, -0.1) is 0 Å². The lowest BCUT2D eigenvalue weighted by atomic mass is 9.87. The Hall–Kier alpha value is -1.43. The molecule has 0 saturated carbocycles. The standard InChI is InChI=1S/C24H36BrFN2O5SSi/c1-23(2,3)33-22(30)28(15-32-11-12-35(6,7)8)21-27-24(4,14-19(34-21)20(29)31-5)17-13-16(25)9-10-18(17)26/h9-10,13,19H,11-12,14-15H2,1-8H3/t19-,24-/m0/s1. The molecule has 0 fully saturated rings. The van der Waals surface area contributed by atoms with E-state index in [0.29, 0.717) is 16.6 Å². The van der Waals surface area contributed by atoms with Crippen molar-refractivity contribution < 1.29 is 28.2 Å². The maximum Gasteiger partial charge on any atom is 0.418 e. The molecule has 0 saturated heterocycles. The van der Waals surface area contributed by atoms with Crippen LogP contribution in [-0.4, -0.2) is 61.5 Å². The molecule has 0 N–H and O–H groups in total. The van der Waals surface area contributed by atoms with Gasteiger partial charge in [0.25, 0.3) is 0 Å². The normalized spacial score (nSPS) is 20.7. The molecule has 0 aromatic heterocycles. The third-order valence-electron chi connectivity index (χ3n) is 5.21. The lowest BCUT2D eigenvalue weighted by molar-refractivity contribution is -0.140. The van der Waals surface area contributed by atoms with Crippen LogP contribution in [0.15, 0.2) is 27.7 Å². The molecule has 1 aromatic carbocycles. The zero-order valence-corrected chi connectivity index (χ0v) is 25.1. The van der Waals surface area contributed by atoms with Crippen LogP contribution in [0, 0.1) is 5.82 Å². The molecular formula is C24H36BrFN2O5SSi. The lowest BCUT2D eigenvalue weighted by Gasteiger charge is -2.37. The highest BCUT2D eigenvalue weighted by Gasteiger charge is 2.43. The van der Waals surface area contributed by atoms with Gasteiger partial charge >= 0.3 is 12.1 Å². The van der Waals surface area contributed by atoms with Crippen LogP contribution in [0.25, 0.3) is 0 Å². The number of benzene rings is 1. The van der Waals surface area contributed by atoms with Crippen LogP contribution in [0.3, 0.4) is 0 Å². The van der Waals surface area contributed by atoms with Crippen LogP contribution >= 0.6 is 27.7 Å². The van der Waals surface area contributed by atoms with Gasteiger partial charge in [-0.25, -0.2) is 14.1 Å². The second kappa shape index (κ2) is 11.7. The van der Waals surface area contributed by atoms with Crippen LogP contribution in [-0.2, 0) is 24.5 Å². The maximum absolute atomic E-state index is 14.9. The zero-order valence-electron chi connectivity index (χ0n) is 21.7. The molecule has 196 valence electrons. The van der Waals surface area contributed by atoms with Crippen molar-refractivity contribution in [2.24, 2.45) is 4.99 Å². The molecular weight excluding hydrogens is 555 g/mol. The first-order chi connectivity index (χ1) is 16.0. The first kappa shape index (κ1) is 29.8. The van der Waals surface area contributed by atoms with Crippen LogP contribution < -0.4 is 0 Å². The third kappa shape index (κ3) is 8.87. The number of carbonyl (C=O) groups excluding carboxylic acids is 2. The Morgan fingerprint density at radius 3 is 2.54 bits per heavy atom. The average Bonchev–Trinajstić information content (AvgIpc) is 2.72. The number of methoxy groups -OCH3 is 1. The van der Waals surface area contributed by atoms with E-state index < -0.39 is 42.3 Å². The van der Waals surface area contributed by atoms with Gasteiger partial charge in [0.1, 0.15) is 23.4 Å². The molecule has 1 aliphatic heterocycles. The number of amides is 1. The van der Waals surface area contributed by atoms with E-state index in [1.54, 1.807) is 39.8 Å². The number of hydrogen-bond donors (Lipinski definition) is 0. The lowest BCUT2D eigenvalue weighted by Crippen LogP contribution is -2.46. The summed E-state index contributed by atoms with van der Waals surface area (Å²) < 4.78 is 32.1. The minimum atomic E-state index is -1.35. The van der Waals surface area contributed by atoms with Crippen LogP contribution in [0.4, 0.5) is 9.18 Å².